The number of benzene rings is 1. The maximum Gasteiger partial charge on any atom is 0.341 e. The van der Waals surface area contributed by atoms with Crippen LogP contribution in [0.15, 0.2) is 29.4 Å². The van der Waals surface area contributed by atoms with Gasteiger partial charge in [0.25, 0.3) is 0 Å². The zero-order valence-electron chi connectivity index (χ0n) is 19.3. The number of esters is 1. The average Bonchev–Trinajstić information content (AvgIpc) is 3.37. The number of methoxy groups -OCH3 is 1. The minimum Gasteiger partial charge on any atom is -0.465 e. The summed E-state index contributed by atoms with van der Waals surface area (Å²) in [6.07, 6.45) is 2.80. The van der Waals surface area contributed by atoms with Gasteiger partial charge in [-0.1, -0.05) is 43.0 Å². The third-order valence-electron chi connectivity index (χ3n) is 5.91. The Balaban J connectivity index is 1.50. The topological polar surface area (TPSA) is 86.1 Å². The molecule has 7 nitrogen and oxygen atoms in total. The van der Waals surface area contributed by atoms with E-state index in [1.165, 1.54) is 35.1 Å². The first-order chi connectivity index (χ1) is 15.9. The van der Waals surface area contributed by atoms with Crippen molar-refractivity contribution in [3.05, 3.63) is 45.8 Å². The van der Waals surface area contributed by atoms with Crippen molar-refractivity contribution >= 4 is 40.0 Å². The number of aryl methyl sites for hydroxylation is 1. The van der Waals surface area contributed by atoms with Crippen LogP contribution >= 0.6 is 23.1 Å². The highest BCUT2D eigenvalue weighted by Gasteiger charge is 2.29. The number of ether oxygens (including phenoxy) is 1. The standard InChI is InChI=1S/C24H28N4O3S2/c1-5-28-21(16-9-7-6-8-15(16)3)26-27-24(28)32-13-19(29)25-22-20(23(30)31-4)17-11-10-14(2)12-18(17)33-22/h6-9,14H,5,10-13H2,1-4H3,(H,25,29). The maximum atomic E-state index is 12.8. The predicted octanol–water partition coefficient (Wildman–Crippen LogP) is 4.98. The lowest BCUT2D eigenvalue weighted by Crippen LogP contribution is -2.17. The second kappa shape index (κ2) is 10.1. The lowest BCUT2D eigenvalue weighted by atomic mass is 9.88. The van der Waals surface area contributed by atoms with Gasteiger partial charge in [-0.25, -0.2) is 4.79 Å². The number of carbonyl (C=O) groups is 2. The monoisotopic (exact) mass is 484 g/mol. The molecule has 2 aromatic heterocycles. The Morgan fingerprint density at radius 3 is 2.82 bits per heavy atom. The number of rotatable bonds is 7. The first-order valence-corrected chi connectivity index (χ1v) is 12.9. The highest BCUT2D eigenvalue weighted by molar-refractivity contribution is 7.99. The number of amides is 1. The van der Waals surface area contributed by atoms with Crippen molar-refractivity contribution in [2.24, 2.45) is 5.92 Å². The summed E-state index contributed by atoms with van der Waals surface area (Å²) in [4.78, 5) is 26.5. The summed E-state index contributed by atoms with van der Waals surface area (Å²) in [5.41, 5.74) is 3.70. The molecular weight excluding hydrogens is 456 g/mol. The van der Waals surface area contributed by atoms with Crippen molar-refractivity contribution in [2.75, 3.05) is 18.2 Å². The van der Waals surface area contributed by atoms with Crippen LogP contribution in [0.4, 0.5) is 5.00 Å². The fraction of sp³-hybridized carbons (Fsp3) is 0.417. The van der Waals surface area contributed by atoms with E-state index in [-0.39, 0.29) is 11.7 Å². The minimum absolute atomic E-state index is 0.172. The number of hydrogen-bond donors (Lipinski definition) is 1. The van der Waals surface area contributed by atoms with E-state index in [1.807, 2.05) is 42.7 Å². The molecule has 0 radical (unpaired) electrons. The molecule has 1 aliphatic rings. The Labute approximate surface area is 201 Å². The second-order valence-corrected chi connectivity index (χ2v) is 10.3. The number of anilines is 1. The van der Waals surface area contributed by atoms with Crippen molar-refractivity contribution in [3.8, 4) is 11.4 Å². The first-order valence-electron chi connectivity index (χ1n) is 11.1. The molecule has 0 spiro atoms. The number of fused-ring (bicyclic) bond motifs is 1. The fourth-order valence-electron chi connectivity index (χ4n) is 4.15. The van der Waals surface area contributed by atoms with Crippen LogP contribution in [0.25, 0.3) is 11.4 Å². The van der Waals surface area contributed by atoms with Crippen LogP contribution in [0.1, 0.15) is 46.6 Å². The van der Waals surface area contributed by atoms with Gasteiger partial charge in [-0.2, -0.15) is 0 Å². The van der Waals surface area contributed by atoms with E-state index in [0.717, 1.165) is 41.8 Å². The molecule has 9 heteroatoms. The molecule has 1 N–H and O–H groups in total. The first kappa shape index (κ1) is 23.5. The predicted molar refractivity (Wildman–Crippen MR) is 132 cm³/mol. The van der Waals surface area contributed by atoms with Gasteiger partial charge in [0, 0.05) is 17.0 Å². The highest BCUT2D eigenvalue weighted by Crippen LogP contribution is 2.40. The molecule has 33 heavy (non-hydrogen) atoms. The van der Waals surface area contributed by atoms with Gasteiger partial charge in [0.05, 0.1) is 18.4 Å². The Morgan fingerprint density at radius 2 is 2.09 bits per heavy atom. The van der Waals surface area contributed by atoms with Gasteiger partial charge in [0.2, 0.25) is 5.91 Å². The third-order valence-corrected chi connectivity index (χ3v) is 8.04. The molecule has 1 aliphatic carbocycles. The van der Waals surface area contributed by atoms with Gasteiger partial charge < -0.3 is 14.6 Å². The minimum atomic E-state index is -0.390. The summed E-state index contributed by atoms with van der Waals surface area (Å²) in [6.45, 7) is 6.99. The Morgan fingerprint density at radius 1 is 1.30 bits per heavy atom. The number of carbonyl (C=O) groups excluding carboxylic acids is 2. The van der Waals surface area contributed by atoms with Crippen molar-refractivity contribution in [1.29, 1.82) is 0 Å². The number of nitrogens with zero attached hydrogens (tertiary/aromatic N) is 3. The van der Waals surface area contributed by atoms with Crippen LogP contribution in [0, 0.1) is 12.8 Å². The number of thiophene rings is 1. The second-order valence-electron chi connectivity index (χ2n) is 8.25. The van der Waals surface area contributed by atoms with Crippen molar-refractivity contribution in [2.45, 2.75) is 51.7 Å². The Bertz CT molecular complexity index is 1180. The van der Waals surface area contributed by atoms with Crippen LogP contribution < -0.4 is 5.32 Å². The molecule has 0 fully saturated rings. The molecule has 1 atom stereocenters. The molecule has 174 valence electrons. The van der Waals surface area contributed by atoms with Gasteiger partial charge in [-0.3, -0.25) is 4.79 Å². The summed E-state index contributed by atoms with van der Waals surface area (Å²) in [5.74, 6) is 0.972. The van der Waals surface area contributed by atoms with Gasteiger partial charge in [0.15, 0.2) is 11.0 Å². The summed E-state index contributed by atoms with van der Waals surface area (Å²) < 4.78 is 7.03. The zero-order chi connectivity index (χ0) is 23.5. The number of thioether (sulfide) groups is 1. The number of hydrogen-bond acceptors (Lipinski definition) is 7. The van der Waals surface area contributed by atoms with Crippen LogP contribution in [0.2, 0.25) is 0 Å². The van der Waals surface area contributed by atoms with Gasteiger partial charge >= 0.3 is 5.97 Å². The van der Waals surface area contributed by atoms with Crippen LogP contribution in [-0.2, 0) is 28.9 Å². The molecular formula is C24H28N4O3S2. The summed E-state index contributed by atoms with van der Waals surface area (Å²) in [7, 11) is 1.38. The fourth-order valence-corrected chi connectivity index (χ4v) is 6.37. The zero-order valence-corrected chi connectivity index (χ0v) is 20.9. The normalized spacial score (nSPS) is 15.2. The van der Waals surface area contributed by atoms with E-state index in [0.29, 0.717) is 28.2 Å². The third kappa shape index (κ3) is 4.84. The van der Waals surface area contributed by atoms with Crippen LogP contribution in [-0.4, -0.2) is 39.5 Å². The number of aromatic nitrogens is 3. The quantitative estimate of drug-likeness (QED) is 0.376. The van der Waals surface area contributed by atoms with Crippen molar-refractivity contribution in [3.63, 3.8) is 0 Å². The van der Waals surface area contributed by atoms with E-state index in [2.05, 4.69) is 22.4 Å². The van der Waals surface area contributed by atoms with Gasteiger partial charge in [0.1, 0.15) is 5.00 Å². The molecule has 1 unspecified atom stereocenters. The molecule has 0 saturated carbocycles. The van der Waals surface area contributed by atoms with E-state index < -0.39 is 5.97 Å². The summed E-state index contributed by atoms with van der Waals surface area (Å²) in [5, 5.41) is 12.9. The number of nitrogens with one attached hydrogen (secondary N) is 1. The van der Waals surface area contributed by atoms with E-state index >= 15 is 0 Å². The van der Waals surface area contributed by atoms with Crippen molar-refractivity contribution in [1.82, 2.24) is 14.8 Å². The Hall–Kier alpha value is -2.65. The van der Waals surface area contributed by atoms with E-state index in [9.17, 15) is 9.59 Å². The molecule has 1 amide bonds. The lowest BCUT2D eigenvalue weighted by molar-refractivity contribution is -0.113. The maximum absolute atomic E-state index is 12.8. The smallest absolute Gasteiger partial charge is 0.341 e. The molecule has 4 rings (SSSR count). The van der Waals surface area contributed by atoms with Gasteiger partial charge in [-0.05, 0) is 50.2 Å². The lowest BCUT2D eigenvalue weighted by Gasteiger charge is -2.18. The summed E-state index contributed by atoms with van der Waals surface area (Å²) >= 11 is 2.84. The molecule has 0 bridgehead atoms. The van der Waals surface area contributed by atoms with E-state index in [1.54, 1.807) is 0 Å². The SMILES string of the molecule is CCn1c(SCC(=O)Nc2sc3c(c2C(=O)OC)CCC(C)C3)nnc1-c1ccccc1C. The molecule has 0 saturated heterocycles. The van der Waals surface area contributed by atoms with Crippen LogP contribution in [0.5, 0.6) is 0 Å². The Kier molecular flexibility index (Phi) is 7.19. The molecule has 2 heterocycles. The molecule has 1 aromatic carbocycles. The van der Waals surface area contributed by atoms with Crippen molar-refractivity contribution < 1.29 is 14.3 Å². The molecule has 3 aromatic rings. The largest absolute Gasteiger partial charge is 0.465 e. The van der Waals surface area contributed by atoms with E-state index in [4.69, 9.17) is 4.74 Å². The van der Waals surface area contributed by atoms with Crippen LogP contribution in [0.3, 0.4) is 0 Å². The van der Waals surface area contributed by atoms with Gasteiger partial charge in [-0.15, -0.1) is 21.5 Å². The molecule has 0 aliphatic heterocycles. The summed E-state index contributed by atoms with van der Waals surface area (Å²) in [6, 6.07) is 8.06. The highest BCUT2D eigenvalue weighted by atomic mass is 32.2. The average molecular weight is 485 g/mol.